The number of carboxylic acid groups (broad SMARTS) is 1. The van der Waals surface area contributed by atoms with Crippen LogP contribution in [0.4, 0.5) is 18.3 Å². The summed E-state index contributed by atoms with van der Waals surface area (Å²) >= 11 is 1.57. The molecule has 6 rings (SSSR count). The summed E-state index contributed by atoms with van der Waals surface area (Å²) in [4.78, 5) is 23.0. The number of fused-ring (bicyclic) bond motifs is 1. The first kappa shape index (κ1) is 32.6. The van der Waals surface area contributed by atoms with Crippen molar-refractivity contribution < 1.29 is 40.6 Å². The molecule has 0 amide bonds. The van der Waals surface area contributed by atoms with E-state index in [1.165, 1.54) is 6.39 Å². The molecule has 3 aliphatic rings. The molecule has 4 heterocycles. The van der Waals surface area contributed by atoms with Crippen molar-refractivity contribution in [2.45, 2.75) is 62.7 Å². The van der Waals surface area contributed by atoms with E-state index in [1.54, 1.807) is 23.5 Å². The largest absolute Gasteiger partial charge is 0.490 e. The van der Waals surface area contributed by atoms with Crippen molar-refractivity contribution in [3.8, 4) is 0 Å². The number of nitrogens with one attached hydrogen (secondary N) is 1. The zero-order chi connectivity index (χ0) is 31.7. The number of aliphatic carboxylic acids is 1. The number of alkyl halides is 3. The Hall–Kier alpha value is -2.79. The summed E-state index contributed by atoms with van der Waals surface area (Å²) in [5, 5.41) is 8.07. The second kappa shape index (κ2) is 12.9. The number of carbonyl (C=O) groups is 1. The SMILES string of the molecule is Cc1ocnc1CN(C)C1CCN(c2nc3ccc(S(=O)(=O)NCC4(C5CCOCC5)CC4)cc3s2)C1.O=C(O)C(F)(F)F. The quantitative estimate of drug-likeness (QED) is 0.340. The number of thiazole rings is 1. The number of aromatic nitrogens is 2. The van der Waals surface area contributed by atoms with Gasteiger partial charge in [0.05, 0.1) is 20.8 Å². The zero-order valence-electron chi connectivity index (χ0n) is 24.5. The molecule has 1 unspecified atom stereocenters. The normalized spacial score (nSPS) is 20.6. The van der Waals surface area contributed by atoms with E-state index in [1.807, 2.05) is 13.0 Å². The lowest BCUT2D eigenvalue weighted by atomic mass is 9.83. The van der Waals surface area contributed by atoms with Gasteiger partial charge in [0.25, 0.3) is 0 Å². The Balaban J connectivity index is 0.000000493. The van der Waals surface area contributed by atoms with Gasteiger partial charge in [-0.3, -0.25) is 4.90 Å². The van der Waals surface area contributed by atoms with Crippen molar-refractivity contribution in [1.29, 1.82) is 0 Å². The number of anilines is 1. The Morgan fingerprint density at radius 1 is 1.25 bits per heavy atom. The minimum absolute atomic E-state index is 0.116. The molecular weight excluding hydrogens is 623 g/mol. The van der Waals surface area contributed by atoms with Crippen molar-refractivity contribution in [3.63, 3.8) is 0 Å². The van der Waals surface area contributed by atoms with E-state index in [0.29, 0.717) is 23.4 Å². The molecule has 2 aromatic heterocycles. The minimum Gasteiger partial charge on any atom is -0.475 e. The molecule has 2 saturated heterocycles. The number of ether oxygens (including phenoxy) is 1. The van der Waals surface area contributed by atoms with Crippen molar-refractivity contribution in [2.24, 2.45) is 11.3 Å². The fraction of sp³-hybridized carbons (Fsp3) is 0.607. The van der Waals surface area contributed by atoms with E-state index in [4.69, 9.17) is 24.0 Å². The summed E-state index contributed by atoms with van der Waals surface area (Å²) in [7, 11) is -1.45. The van der Waals surface area contributed by atoms with Gasteiger partial charge >= 0.3 is 12.1 Å². The number of hydrogen-bond donors (Lipinski definition) is 2. The molecule has 3 aromatic rings. The van der Waals surface area contributed by atoms with Gasteiger partial charge in [-0.25, -0.2) is 27.9 Å². The number of nitrogens with zero attached hydrogens (tertiary/aromatic N) is 4. The summed E-state index contributed by atoms with van der Waals surface area (Å²) in [6, 6.07) is 5.69. The lowest BCUT2D eigenvalue weighted by Gasteiger charge is -2.30. The summed E-state index contributed by atoms with van der Waals surface area (Å²) in [5.74, 6) is -1.34. The highest BCUT2D eigenvalue weighted by Crippen LogP contribution is 2.54. The summed E-state index contributed by atoms with van der Waals surface area (Å²) < 4.78 is 72.8. The minimum atomic E-state index is -5.08. The van der Waals surface area contributed by atoms with Crippen molar-refractivity contribution in [2.75, 3.05) is 44.8 Å². The number of oxazole rings is 1. The Morgan fingerprint density at radius 3 is 2.57 bits per heavy atom. The summed E-state index contributed by atoms with van der Waals surface area (Å²) in [6.07, 6.45) is 1.72. The van der Waals surface area contributed by atoms with Crippen LogP contribution in [-0.4, -0.2) is 86.5 Å². The molecule has 3 fully saturated rings. The van der Waals surface area contributed by atoms with E-state index < -0.39 is 22.2 Å². The van der Waals surface area contributed by atoms with Gasteiger partial charge in [-0.2, -0.15) is 13.2 Å². The van der Waals surface area contributed by atoms with Crippen LogP contribution < -0.4 is 9.62 Å². The Bertz CT molecular complexity index is 1570. The molecule has 1 saturated carbocycles. The van der Waals surface area contributed by atoms with E-state index in [2.05, 4.69) is 26.6 Å². The average molecular weight is 660 g/mol. The summed E-state index contributed by atoms with van der Waals surface area (Å²) in [6.45, 7) is 6.60. The van der Waals surface area contributed by atoms with E-state index in [0.717, 1.165) is 91.8 Å². The second-order valence-corrected chi connectivity index (χ2v) is 14.4. The predicted octanol–water partition coefficient (Wildman–Crippen LogP) is 4.42. The maximum atomic E-state index is 13.2. The van der Waals surface area contributed by atoms with Gasteiger partial charge in [0.1, 0.15) is 5.76 Å². The molecule has 11 nitrogen and oxygen atoms in total. The van der Waals surface area contributed by atoms with Crippen LogP contribution in [-0.2, 0) is 26.1 Å². The van der Waals surface area contributed by atoms with Crippen LogP contribution in [0.3, 0.4) is 0 Å². The van der Waals surface area contributed by atoms with Crippen LogP contribution in [0.2, 0.25) is 0 Å². The third-order valence-electron chi connectivity index (χ3n) is 8.80. The van der Waals surface area contributed by atoms with Gasteiger partial charge < -0.3 is 19.2 Å². The standard InChI is InChI=1S/C26H35N5O4S2.C2HF3O2/c1-18-23(27-17-35-18)15-30(2)20-5-10-31(14-20)25-29-22-4-3-21(13-24(22)36-25)37(32,33)28-16-26(8-9-26)19-6-11-34-12-7-19;3-2(4,5)1(6)7/h3-4,13,17,19-20,28H,5-12,14-16H2,1-2H3;(H,6,7). The second-order valence-electron chi connectivity index (χ2n) is 11.7. The fourth-order valence-electron chi connectivity index (χ4n) is 5.84. The number of sulfonamides is 1. The molecule has 44 heavy (non-hydrogen) atoms. The van der Waals surface area contributed by atoms with Gasteiger partial charge in [-0.05, 0) is 75.6 Å². The van der Waals surface area contributed by atoms with Gasteiger partial charge in [0, 0.05) is 45.4 Å². The van der Waals surface area contributed by atoms with Crippen molar-refractivity contribution in [3.05, 3.63) is 36.0 Å². The number of benzene rings is 1. The molecule has 242 valence electrons. The number of hydrogen-bond acceptors (Lipinski definition) is 10. The van der Waals surface area contributed by atoms with Gasteiger partial charge in [0.15, 0.2) is 11.5 Å². The highest BCUT2D eigenvalue weighted by atomic mass is 32.2. The zero-order valence-corrected chi connectivity index (χ0v) is 26.1. The molecule has 16 heteroatoms. The molecule has 0 radical (unpaired) electrons. The van der Waals surface area contributed by atoms with Gasteiger partial charge in [-0.1, -0.05) is 11.3 Å². The van der Waals surface area contributed by atoms with E-state index >= 15 is 0 Å². The Labute approximate surface area is 257 Å². The molecule has 0 bridgehead atoms. The van der Waals surface area contributed by atoms with Crippen molar-refractivity contribution >= 4 is 42.7 Å². The van der Waals surface area contributed by atoms with Crippen LogP contribution >= 0.6 is 11.3 Å². The van der Waals surface area contributed by atoms with Crippen LogP contribution in [0.1, 0.15) is 43.6 Å². The topological polar surface area (TPSA) is 138 Å². The highest BCUT2D eigenvalue weighted by molar-refractivity contribution is 7.89. The number of carboxylic acids is 1. The van der Waals surface area contributed by atoms with Crippen LogP contribution in [0.5, 0.6) is 0 Å². The van der Waals surface area contributed by atoms with Crippen LogP contribution in [0, 0.1) is 18.3 Å². The molecular formula is C28H36F3N5O6S2. The van der Waals surface area contributed by atoms with E-state index in [-0.39, 0.29) is 5.41 Å². The van der Waals surface area contributed by atoms with Gasteiger partial charge in [-0.15, -0.1) is 0 Å². The molecule has 1 atom stereocenters. The number of likely N-dealkylation sites (N-methyl/N-ethyl adjacent to an activating group) is 1. The average Bonchev–Trinajstić information content (AvgIpc) is 3.28. The maximum absolute atomic E-state index is 13.2. The molecule has 0 spiro atoms. The van der Waals surface area contributed by atoms with E-state index in [9.17, 15) is 21.6 Å². The Kier molecular flexibility index (Phi) is 9.56. The maximum Gasteiger partial charge on any atom is 0.490 e. The monoisotopic (exact) mass is 659 g/mol. The molecule has 1 aromatic carbocycles. The highest BCUT2D eigenvalue weighted by Gasteiger charge is 2.49. The first-order chi connectivity index (χ1) is 20.8. The lowest BCUT2D eigenvalue weighted by Crippen LogP contribution is -2.36. The lowest BCUT2D eigenvalue weighted by molar-refractivity contribution is -0.192. The first-order valence-electron chi connectivity index (χ1n) is 14.4. The number of halogens is 3. The first-order valence-corrected chi connectivity index (χ1v) is 16.7. The number of rotatable bonds is 9. The van der Waals surface area contributed by atoms with Gasteiger partial charge in [0.2, 0.25) is 10.0 Å². The number of aryl methyl sites for hydroxylation is 1. The third kappa shape index (κ3) is 7.53. The molecule has 1 aliphatic carbocycles. The smallest absolute Gasteiger partial charge is 0.475 e. The predicted molar refractivity (Wildman–Crippen MR) is 157 cm³/mol. The molecule has 2 aliphatic heterocycles. The molecule has 2 N–H and O–H groups in total. The Morgan fingerprint density at radius 2 is 1.95 bits per heavy atom. The third-order valence-corrected chi connectivity index (χ3v) is 11.3. The fourth-order valence-corrected chi connectivity index (χ4v) is 8.12. The summed E-state index contributed by atoms with van der Waals surface area (Å²) in [5.41, 5.74) is 1.93. The van der Waals surface area contributed by atoms with Crippen LogP contribution in [0.15, 0.2) is 33.9 Å². The van der Waals surface area contributed by atoms with Crippen LogP contribution in [0.25, 0.3) is 10.2 Å². The van der Waals surface area contributed by atoms with Crippen molar-refractivity contribution in [1.82, 2.24) is 19.6 Å².